The van der Waals surface area contributed by atoms with Crippen molar-refractivity contribution in [3.05, 3.63) is 35.4 Å². The van der Waals surface area contributed by atoms with Gasteiger partial charge in [0.1, 0.15) is 12.4 Å². The number of morpholine rings is 1. The molecule has 0 radical (unpaired) electrons. The van der Waals surface area contributed by atoms with Crippen LogP contribution in [0.25, 0.3) is 6.08 Å². The third-order valence-corrected chi connectivity index (χ3v) is 3.78. The number of rotatable bonds is 1. The molecule has 0 aromatic heterocycles. The zero-order valence-electron chi connectivity index (χ0n) is 11.8. The number of nitrogens with zero attached hydrogens (tertiary/aromatic N) is 1. The third kappa shape index (κ3) is 2.43. The van der Waals surface area contributed by atoms with E-state index in [1.165, 1.54) is 0 Å². The van der Waals surface area contributed by atoms with Gasteiger partial charge in [-0.3, -0.25) is 4.79 Å². The average Bonchev–Trinajstić information content (AvgIpc) is 2.48. The lowest BCUT2D eigenvalue weighted by molar-refractivity contribution is -0.139. The van der Waals surface area contributed by atoms with E-state index in [1.807, 2.05) is 49.1 Å². The fraction of sp³-hybridized carbons (Fsp3) is 0.438. The van der Waals surface area contributed by atoms with Crippen molar-refractivity contribution in [1.29, 1.82) is 0 Å². The smallest absolute Gasteiger partial charge is 0.253 e. The van der Waals surface area contributed by atoms with E-state index in [4.69, 9.17) is 9.47 Å². The van der Waals surface area contributed by atoms with Crippen molar-refractivity contribution in [3.8, 4) is 5.75 Å². The Hall–Kier alpha value is -1.81. The molecule has 1 aromatic carbocycles. The molecule has 0 bridgehead atoms. The minimum absolute atomic E-state index is 0.0575. The first-order chi connectivity index (χ1) is 9.65. The summed E-state index contributed by atoms with van der Waals surface area (Å²) in [6, 6.07) is 7.88. The molecule has 2 aliphatic heterocycles. The predicted molar refractivity (Wildman–Crippen MR) is 76.5 cm³/mol. The van der Waals surface area contributed by atoms with Gasteiger partial charge in [0.05, 0.1) is 24.3 Å². The van der Waals surface area contributed by atoms with Crippen molar-refractivity contribution in [2.24, 2.45) is 0 Å². The Morgan fingerprint density at radius 1 is 1.30 bits per heavy atom. The van der Waals surface area contributed by atoms with Gasteiger partial charge in [0.15, 0.2) is 0 Å². The van der Waals surface area contributed by atoms with Gasteiger partial charge in [-0.2, -0.15) is 0 Å². The minimum atomic E-state index is 0.0575. The van der Waals surface area contributed by atoms with Crippen molar-refractivity contribution < 1.29 is 14.3 Å². The molecule has 0 aliphatic carbocycles. The molecule has 1 amide bonds. The molecule has 1 saturated heterocycles. The molecule has 0 spiro atoms. The molecule has 4 heteroatoms. The van der Waals surface area contributed by atoms with Gasteiger partial charge in [-0.15, -0.1) is 0 Å². The summed E-state index contributed by atoms with van der Waals surface area (Å²) in [5, 5.41) is 0. The largest absolute Gasteiger partial charge is 0.488 e. The van der Waals surface area contributed by atoms with E-state index >= 15 is 0 Å². The standard InChI is InChI=1S/C16H19NO3/c1-11-9-19-12(2)8-17(11)16(18)14-7-13-5-3-4-6-15(13)20-10-14/h3-7,11-12H,8-10H2,1-2H3. The van der Waals surface area contributed by atoms with Gasteiger partial charge in [0.2, 0.25) is 0 Å². The quantitative estimate of drug-likeness (QED) is 0.786. The number of amides is 1. The van der Waals surface area contributed by atoms with Crippen molar-refractivity contribution in [2.45, 2.75) is 26.0 Å². The van der Waals surface area contributed by atoms with E-state index in [-0.39, 0.29) is 18.1 Å². The molecule has 20 heavy (non-hydrogen) atoms. The molecule has 1 aromatic rings. The van der Waals surface area contributed by atoms with Crippen LogP contribution >= 0.6 is 0 Å². The number of fused-ring (bicyclic) bond motifs is 1. The predicted octanol–water partition coefficient (Wildman–Crippen LogP) is 2.10. The fourth-order valence-corrected chi connectivity index (χ4v) is 2.61. The van der Waals surface area contributed by atoms with Crippen molar-refractivity contribution in [3.63, 3.8) is 0 Å². The Morgan fingerprint density at radius 3 is 2.95 bits per heavy atom. The lowest BCUT2D eigenvalue weighted by Crippen LogP contribution is -2.51. The fourth-order valence-electron chi connectivity index (χ4n) is 2.61. The monoisotopic (exact) mass is 273 g/mol. The minimum Gasteiger partial charge on any atom is -0.488 e. The van der Waals surface area contributed by atoms with E-state index in [0.29, 0.717) is 25.3 Å². The van der Waals surface area contributed by atoms with Gasteiger partial charge >= 0.3 is 0 Å². The number of hydrogen-bond acceptors (Lipinski definition) is 3. The number of ether oxygens (including phenoxy) is 2. The first kappa shape index (κ1) is 13.2. The van der Waals surface area contributed by atoms with E-state index in [2.05, 4.69) is 0 Å². The van der Waals surface area contributed by atoms with Gasteiger partial charge in [-0.05, 0) is 26.0 Å². The third-order valence-electron chi connectivity index (χ3n) is 3.78. The van der Waals surface area contributed by atoms with Crippen LogP contribution in [0.5, 0.6) is 5.75 Å². The summed E-state index contributed by atoms with van der Waals surface area (Å²) in [6.45, 7) is 5.58. The number of para-hydroxylation sites is 1. The van der Waals surface area contributed by atoms with E-state index < -0.39 is 0 Å². The average molecular weight is 273 g/mol. The van der Waals surface area contributed by atoms with Crippen LogP contribution in [0.15, 0.2) is 29.8 Å². The molecule has 3 rings (SSSR count). The maximum Gasteiger partial charge on any atom is 0.253 e. The van der Waals surface area contributed by atoms with Crippen LogP contribution in [0.2, 0.25) is 0 Å². The van der Waals surface area contributed by atoms with Crippen LogP contribution < -0.4 is 4.74 Å². The maximum absolute atomic E-state index is 12.6. The summed E-state index contributed by atoms with van der Waals surface area (Å²) in [7, 11) is 0. The zero-order valence-corrected chi connectivity index (χ0v) is 11.8. The van der Waals surface area contributed by atoms with E-state index in [9.17, 15) is 4.79 Å². The lowest BCUT2D eigenvalue weighted by Gasteiger charge is -2.37. The Bertz CT molecular complexity index is 552. The second kappa shape index (κ2) is 5.29. The highest BCUT2D eigenvalue weighted by Crippen LogP contribution is 2.27. The molecule has 1 fully saturated rings. The zero-order chi connectivity index (χ0) is 14.1. The Labute approximate surface area is 119 Å². The van der Waals surface area contributed by atoms with Crippen LogP contribution in [0, 0.1) is 0 Å². The number of carbonyl (C=O) groups is 1. The highest BCUT2D eigenvalue weighted by atomic mass is 16.5. The number of benzene rings is 1. The van der Waals surface area contributed by atoms with Gasteiger partial charge in [0.25, 0.3) is 5.91 Å². The highest BCUT2D eigenvalue weighted by Gasteiger charge is 2.30. The Kier molecular flexibility index (Phi) is 3.49. The molecule has 0 saturated carbocycles. The molecule has 2 heterocycles. The Morgan fingerprint density at radius 2 is 2.10 bits per heavy atom. The molecule has 2 aliphatic rings. The molecule has 4 nitrogen and oxygen atoms in total. The first-order valence-corrected chi connectivity index (χ1v) is 7.00. The van der Waals surface area contributed by atoms with Gasteiger partial charge in [0, 0.05) is 12.1 Å². The second-order valence-corrected chi connectivity index (χ2v) is 5.45. The van der Waals surface area contributed by atoms with Crippen LogP contribution in [0.1, 0.15) is 19.4 Å². The van der Waals surface area contributed by atoms with Crippen LogP contribution in [-0.4, -0.2) is 42.7 Å². The Balaban J connectivity index is 1.83. The lowest BCUT2D eigenvalue weighted by atomic mass is 10.1. The van der Waals surface area contributed by atoms with Crippen molar-refractivity contribution >= 4 is 12.0 Å². The van der Waals surface area contributed by atoms with Gasteiger partial charge in [-0.1, -0.05) is 18.2 Å². The second-order valence-electron chi connectivity index (χ2n) is 5.45. The summed E-state index contributed by atoms with van der Waals surface area (Å²) < 4.78 is 11.2. The highest BCUT2D eigenvalue weighted by molar-refractivity contribution is 5.99. The molecule has 2 atom stereocenters. The summed E-state index contributed by atoms with van der Waals surface area (Å²) in [6.07, 6.45) is 2.03. The van der Waals surface area contributed by atoms with Crippen molar-refractivity contribution in [2.75, 3.05) is 19.8 Å². The SMILES string of the molecule is CC1CN(C(=O)C2=Cc3ccccc3OC2)C(C)CO1. The summed E-state index contributed by atoms with van der Waals surface area (Å²) >= 11 is 0. The topological polar surface area (TPSA) is 38.8 Å². The molecule has 2 unspecified atom stereocenters. The van der Waals surface area contributed by atoms with E-state index in [0.717, 1.165) is 11.3 Å². The van der Waals surface area contributed by atoms with Gasteiger partial charge < -0.3 is 14.4 Å². The van der Waals surface area contributed by atoms with Crippen LogP contribution in [-0.2, 0) is 9.53 Å². The maximum atomic E-state index is 12.6. The van der Waals surface area contributed by atoms with Gasteiger partial charge in [-0.25, -0.2) is 0 Å². The summed E-state index contributed by atoms with van der Waals surface area (Å²) in [4.78, 5) is 14.5. The van der Waals surface area contributed by atoms with Crippen LogP contribution in [0.4, 0.5) is 0 Å². The molecule has 106 valence electrons. The van der Waals surface area contributed by atoms with Crippen molar-refractivity contribution in [1.82, 2.24) is 4.90 Å². The molecular weight excluding hydrogens is 254 g/mol. The molecular formula is C16H19NO3. The summed E-state index contributed by atoms with van der Waals surface area (Å²) in [5.41, 5.74) is 1.68. The number of carbonyl (C=O) groups excluding carboxylic acids is 1. The van der Waals surface area contributed by atoms with E-state index in [1.54, 1.807) is 0 Å². The summed E-state index contributed by atoms with van der Waals surface area (Å²) in [5.74, 6) is 0.898. The number of hydrogen-bond donors (Lipinski definition) is 0. The first-order valence-electron chi connectivity index (χ1n) is 7.00. The molecule has 0 N–H and O–H groups in total. The van der Waals surface area contributed by atoms with Crippen LogP contribution in [0.3, 0.4) is 0 Å². The normalized spacial score (nSPS) is 25.5.